The van der Waals surface area contributed by atoms with Crippen molar-refractivity contribution in [2.24, 2.45) is 0 Å². The van der Waals surface area contributed by atoms with Gasteiger partial charge in [-0.3, -0.25) is 0 Å². The summed E-state index contributed by atoms with van der Waals surface area (Å²) in [6, 6.07) is 6.78. The SMILES string of the molecule is C=CC(C)c1cc(I)cc(C(C)C)c1. The summed E-state index contributed by atoms with van der Waals surface area (Å²) in [6.07, 6.45) is 2.00. The molecule has 1 atom stereocenters. The van der Waals surface area contributed by atoms with Gasteiger partial charge in [-0.1, -0.05) is 32.9 Å². The van der Waals surface area contributed by atoms with E-state index in [-0.39, 0.29) is 0 Å². The van der Waals surface area contributed by atoms with E-state index in [9.17, 15) is 0 Å². The van der Waals surface area contributed by atoms with Gasteiger partial charge in [0.05, 0.1) is 0 Å². The van der Waals surface area contributed by atoms with Crippen LogP contribution in [0.2, 0.25) is 0 Å². The Labute approximate surface area is 101 Å². The highest BCUT2D eigenvalue weighted by molar-refractivity contribution is 14.1. The average Bonchev–Trinajstić information content (AvgIpc) is 2.15. The Bertz CT molecular complexity index is 326. The number of hydrogen-bond acceptors (Lipinski definition) is 0. The summed E-state index contributed by atoms with van der Waals surface area (Å²) < 4.78 is 1.32. The van der Waals surface area contributed by atoms with Gasteiger partial charge < -0.3 is 0 Å². The molecular weight excluding hydrogens is 283 g/mol. The summed E-state index contributed by atoms with van der Waals surface area (Å²) in [7, 11) is 0. The van der Waals surface area contributed by atoms with Crippen LogP contribution in [-0.4, -0.2) is 0 Å². The number of rotatable bonds is 3. The fraction of sp³-hybridized carbons (Fsp3) is 0.385. The van der Waals surface area contributed by atoms with Crippen LogP contribution < -0.4 is 0 Å². The van der Waals surface area contributed by atoms with Crippen LogP contribution in [0.15, 0.2) is 30.9 Å². The molecule has 14 heavy (non-hydrogen) atoms. The first-order valence-corrected chi connectivity index (χ1v) is 6.05. The lowest BCUT2D eigenvalue weighted by molar-refractivity contribution is 0.854. The van der Waals surface area contributed by atoms with E-state index in [0.717, 1.165) is 0 Å². The van der Waals surface area contributed by atoms with E-state index in [1.165, 1.54) is 14.7 Å². The second-order valence-electron chi connectivity index (χ2n) is 4.00. The average molecular weight is 300 g/mol. The molecular formula is C13H17I. The third-order valence-corrected chi connectivity index (χ3v) is 3.11. The van der Waals surface area contributed by atoms with Crippen molar-refractivity contribution in [3.8, 4) is 0 Å². The molecule has 1 aromatic rings. The number of hydrogen-bond donors (Lipinski definition) is 0. The van der Waals surface area contributed by atoms with Crippen molar-refractivity contribution in [3.05, 3.63) is 45.6 Å². The van der Waals surface area contributed by atoms with Crippen LogP contribution in [0.25, 0.3) is 0 Å². The van der Waals surface area contributed by atoms with Gasteiger partial charge in [0.25, 0.3) is 0 Å². The quantitative estimate of drug-likeness (QED) is 0.560. The first kappa shape index (κ1) is 11.8. The molecule has 0 nitrogen and oxygen atoms in total. The third-order valence-electron chi connectivity index (χ3n) is 2.49. The van der Waals surface area contributed by atoms with Gasteiger partial charge in [-0.15, -0.1) is 6.58 Å². The van der Waals surface area contributed by atoms with E-state index in [1.54, 1.807) is 0 Å². The Morgan fingerprint density at radius 3 is 2.21 bits per heavy atom. The van der Waals surface area contributed by atoms with Crippen LogP contribution in [-0.2, 0) is 0 Å². The zero-order valence-corrected chi connectivity index (χ0v) is 11.2. The van der Waals surface area contributed by atoms with Gasteiger partial charge in [-0.25, -0.2) is 0 Å². The van der Waals surface area contributed by atoms with E-state index < -0.39 is 0 Å². The van der Waals surface area contributed by atoms with Crippen LogP contribution in [0.3, 0.4) is 0 Å². The smallest absolute Gasteiger partial charge is 0.0136 e. The fourth-order valence-electron chi connectivity index (χ4n) is 1.37. The molecule has 0 spiro atoms. The summed E-state index contributed by atoms with van der Waals surface area (Å²) in [6.45, 7) is 10.5. The first-order valence-electron chi connectivity index (χ1n) is 4.97. The van der Waals surface area contributed by atoms with Crippen LogP contribution in [0, 0.1) is 3.57 Å². The van der Waals surface area contributed by atoms with Gasteiger partial charge in [-0.05, 0) is 57.7 Å². The topological polar surface area (TPSA) is 0 Å². The van der Waals surface area contributed by atoms with Crippen molar-refractivity contribution in [2.45, 2.75) is 32.6 Å². The molecule has 0 amide bonds. The lowest BCUT2D eigenvalue weighted by atomic mass is 9.95. The molecule has 1 aromatic carbocycles. The van der Waals surface area contributed by atoms with Gasteiger partial charge in [0, 0.05) is 3.57 Å². The van der Waals surface area contributed by atoms with Crippen LogP contribution in [0.4, 0.5) is 0 Å². The van der Waals surface area contributed by atoms with E-state index in [2.05, 4.69) is 68.1 Å². The third kappa shape index (κ3) is 2.84. The monoisotopic (exact) mass is 300 g/mol. The molecule has 0 saturated heterocycles. The predicted molar refractivity (Wildman–Crippen MR) is 71.9 cm³/mol. The zero-order chi connectivity index (χ0) is 10.7. The van der Waals surface area contributed by atoms with Crippen molar-refractivity contribution < 1.29 is 0 Å². The summed E-state index contributed by atoms with van der Waals surface area (Å²) >= 11 is 2.38. The van der Waals surface area contributed by atoms with Gasteiger partial charge in [0.2, 0.25) is 0 Å². The Hall–Kier alpha value is -0.310. The Morgan fingerprint density at radius 1 is 1.14 bits per heavy atom. The molecule has 0 aromatic heterocycles. The minimum absolute atomic E-state index is 0.446. The summed E-state index contributed by atoms with van der Waals surface area (Å²) in [5, 5.41) is 0. The highest BCUT2D eigenvalue weighted by Crippen LogP contribution is 2.24. The molecule has 0 aliphatic rings. The number of allylic oxidation sites excluding steroid dienone is 1. The van der Waals surface area contributed by atoms with Crippen LogP contribution >= 0.6 is 22.6 Å². The molecule has 1 unspecified atom stereocenters. The maximum atomic E-state index is 3.84. The summed E-state index contributed by atoms with van der Waals surface area (Å²) in [5.41, 5.74) is 2.79. The number of halogens is 1. The Morgan fingerprint density at radius 2 is 1.71 bits per heavy atom. The van der Waals surface area contributed by atoms with E-state index in [0.29, 0.717) is 11.8 Å². The summed E-state index contributed by atoms with van der Waals surface area (Å²) in [4.78, 5) is 0. The lowest BCUT2D eigenvalue weighted by Gasteiger charge is -2.12. The lowest BCUT2D eigenvalue weighted by Crippen LogP contribution is -1.95. The van der Waals surface area contributed by atoms with Gasteiger partial charge in [0.1, 0.15) is 0 Å². The van der Waals surface area contributed by atoms with Crippen molar-refractivity contribution in [1.29, 1.82) is 0 Å². The molecule has 0 radical (unpaired) electrons. The van der Waals surface area contributed by atoms with E-state index in [1.807, 2.05) is 6.08 Å². The number of benzene rings is 1. The molecule has 0 aliphatic heterocycles. The molecule has 0 saturated carbocycles. The molecule has 76 valence electrons. The van der Waals surface area contributed by atoms with Crippen molar-refractivity contribution in [3.63, 3.8) is 0 Å². The molecule has 1 rings (SSSR count). The fourth-order valence-corrected chi connectivity index (χ4v) is 2.09. The van der Waals surface area contributed by atoms with Gasteiger partial charge >= 0.3 is 0 Å². The predicted octanol–water partition coefficient (Wildman–Crippen LogP) is 4.70. The molecule has 1 heteroatoms. The minimum atomic E-state index is 0.446. The minimum Gasteiger partial charge on any atom is -0.102 e. The molecule has 0 bridgehead atoms. The molecule has 0 N–H and O–H groups in total. The van der Waals surface area contributed by atoms with Gasteiger partial charge in [0.15, 0.2) is 0 Å². The second-order valence-corrected chi connectivity index (χ2v) is 5.24. The van der Waals surface area contributed by atoms with Gasteiger partial charge in [-0.2, -0.15) is 0 Å². The molecule has 0 heterocycles. The van der Waals surface area contributed by atoms with Crippen molar-refractivity contribution in [1.82, 2.24) is 0 Å². The second kappa shape index (κ2) is 4.96. The molecule has 0 fully saturated rings. The Kier molecular flexibility index (Phi) is 4.17. The Balaban J connectivity index is 3.13. The van der Waals surface area contributed by atoms with Crippen LogP contribution in [0.5, 0.6) is 0 Å². The largest absolute Gasteiger partial charge is 0.102 e. The van der Waals surface area contributed by atoms with Crippen molar-refractivity contribution >= 4 is 22.6 Å². The van der Waals surface area contributed by atoms with E-state index in [4.69, 9.17) is 0 Å². The maximum absolute atomic E-state index is 3.84. The zero-order valence-electron chi connectivity index (χ0n) is 9.05. The highest BCUT2D eigenvalue weighted by Gasteiger charge is 2.06. The van der Waals surface area contributed by atoms with E-state index >= 15 is 0 Å². The summed E-state index contributed by atoms with van der Waals surface area (Å²) in [5.74, 6) is 1.04. The normalized spacial score (nSPS) is 12.9. The standard InChI is InChI=1S/C13H17I/c1-5-10(4)12-6-11(9(2)3)7-13(14)8-12/h5-10H,1H2,2-4H3. The van der Waals surface area contributed by atoms with Crippen LogP contribution in [0.1, 0.15) is 43.7 Å². The molecule has 0 aliphatic carbocycles. The maximum Gasteiger partial charge on any atom is 0.0136 e. The van der Waals surface area contributed by atoms with Crippen molar-refractivity contribution in [2.75, 3.05) is 0 Å². The highest BCUT2D eigenvalue weighted by atomic mass is 127. The first-order chi connectivity index (χ1) is 6.54.